The van der Waals surface area contributed by atoms with E-state index in [4.69, 9.17) is 99.5 Å². The molecule has 0 aromatic heterocycles. The smallest absolute Gasteiger partial charge is 0.217 e. The van der Waals surface area contributed by atoms with E-state index < -0.39 is 426 Å². The molecule has 0 aromatic carbocycles. The Balaban J connectivity index is 0.932. The van der Waals surface area contributed by atoms with Crippen LogP contribution in [-0.2, 0) is 123 Å². The van der Waals surface area contributed by atoms with E-state index in [1.165, 1.54) is 13.8 Å². The Morgan fingerprint density at radius 1 is 0.207 bits per heavy atom. The predicted octanol–water partition coefficient (Wildman–Crippen LogP) is -22.2. The lowest BCUT2D eigenvalue weighted by Gasteiger charge is -2.52. The predicted molar refractivity (Wildman–Crippen MR) is 417 cm³/mol. The number of ether oxygens (including phenoxy) is 21. The van der Waals surface area contributed by atoms with Crippen LogP contribution in [0.1, 0.15) is 48.5 Å². The van der Waals surface area contributed by atoms with Crippen LogP contribution >= 0.6 is 0 Å². The van der Waals surface area contributed by atoms with Gasteiger partial charge in [-0.05, 0) is 13.8 Å². The summed E-state index contributed by atoms with van der Waals surface area (Å²) in [6.45, 7) is -3.07. The van der Waals surface area contributed by atoms with Gasteiger partial charge in [-0.15, -0.1) is 0 Å². The van der Waals surface area contributed by atoms with E-state index in [1.54, 1.807) is 0 Å². The molecule has 11 aliphatic rings. The minimum Gasteiger partial charge on any atom is -0.394 e. The van der Waals surface area contributed by atoms with Gasteiger partial charge in [-0.2, -0.15) is 0 Å². The Morgan fingerprint density at radius 2 is 0.474 bits per heavy atom. The van der Waals surface area contributed by atoms with Crippen molar-refractivity contribution in [2.75, 3.05) is 59.5 Å². The van der Waals surface area contributed by atoms with E-state index in [0.717, 1.165) is 34.6 Å². The highest BCUT2D eigenvalue weighted by Gasteiger charge is 2.63. The number of carbonyl (C=O) groups excluding carboxylic acids is 5. The molecule has 11 aliphatic heterocycles. The Bertz CT molecular complexity index is 3750. The van der Waals surface area contributed by atoms with Crippen LogP contribution in [0.2, 0.25) is 0 Å². The highest BCUT2D eigenvalue weighted by Crippen LogP contribution is 2.42. The molecule has 55 atom stereocenters. The molecule has 0 aromatic rings. The number of rotatable bonds is 34. The Morgan fingerprint density at radius 3 is 0.904 bits per heavy atom. The van der Waals surface area contributed by atoms with Gasteiger partial charge in [-0.1, -0.05) is 0 Å². The van der Waals surface area contributed by atoms with Gasteiger partial charge < -0.3 is 269 Å². The summed E-state index contributed by atoms with van der Waals surface area (Å²) < 4.78 is 127. The molecule has 59 heteroatoms. The summed E-state index contributed by atoms with van der Waals surface area (Å²) >= 11 is 0. The number of carbonyl (C=O) groups is 5. The fourth-order valence-electron chi connectivity index (χ4n) is 17.6. The highest BCUT2D eigenvalue weighted by molar-refractivity contribution is 5.75. The summed E-state index contributed by atoms with van der Waals surface area (Å²) in [5.74, 6) is -4.68. The molecule has 0 spiro atoms. The molecule has 0 unspecified atom stereocenters. The van der Waals surface area contributed by atoms with Crippen LogP contribution < -0.4 is 26.6 Å². The zero-order valence-electron chi connectivity index (χ0n) is 73.3. The van der Waals surface area contributed by atoms with E-state index in [0.29, 0.717) is 0 Å². The van der Waals surface area contributed by atoms with Gasteiger partial charge >= 0.3 is 0 Å². The van der Waals surface area contributed by atoms with Crippen molar-refractivity contribution >= 4 is 29.5 Å². The molecule has 11 fully saturated rings. The van der Waals surface area contributed by atoms with Crippen LogP contribution in [0.15, 0.2) is 0 Å². The van der Waals surface area contributed by atoms with Gasteiger partial charge in [0.25, 0.3) is 0 Å². The van der Waals surface area contributed by atoms with E-state index >= 15 is 0 Å². The maximum Gasteiger partial charge on any atom is 0.217 e. The van der Waals surface area contributed by atoms with Crippen LogP contribution in [0.5, 0.6) is 0 Å². The first-order chi connectivity index (χ1) is 63.8. The maximum absolute atomic E-state index is 13.5. The molecule has 0 radical (unpaired) electrons. The first kappa shape index (κ1) is 111. The Labute approximate surface area is 765 Å². The second-order valence-corrected chi connectivity index (χ2v) is 34.5. The summed E-state index contributed by atoms with van der Waals surface area (Å²) in [5.41, 5.74) is 0. The van der Waals surface area contributed by atoms with Crippen molar-refractivity contribution in [1.29, 1.82) is 0 Å². The maximum atomic E-state index is 13.5. The van der Waals surface area contributed by atoms with Crippen LogP contribution in [0.4, 0.5) is 0 Å². The molecule has 0 saturated carbocycles. The van der Waals surface area contributed by atoms with E-state index in [9.17, 15) is 167 Å². The lowest BCUT2D eigenvalue weighted by Crippen LogP contribution is -2.71. The normalized spacial score (nSPS) is 49.5. The van der Waals surface area contributed by atoms with Crippen LogP contribution in [0.3, 0.4) is 0 Å². The molecule has 11 heterocycles. The van der Waals surface area contributed by atoms with Gasteiger partial charge in [0.2, 0.25) is 29.5 Å². The summed E-state index contributed by atoms with van der Waals surface area (Å²) in [5, 5.41) is 329. The highest BCUT2D eigenvalue weighted by atomic mass is 16.8. The lowest BCUT2D eigenvalue weighted by molar-refractivity contribution is -0.406. The minimum atomic E-state index is -2.67. The van der Waals surface area contributed by atoms with Crippen molar-refractivity contribution in [3.05, 3.63) is 0 Å². The number of nitrogens with one attached hydrogen (secondary N) is 5. The van der Waals surface area contributed by atoms with Gasteiger partial charge in [-0.3, -0.25) is 24.0 Å². The first-order valence-electron chi connectivity index (χ1n) is 43.4. The number of amides is 5. The molecule has 5 amide bonds. The van der Waals surface area contributed by atoms with E-state index in [-0.39, 0.29) is 0 Å². The quantitative estimate of drug-likeness (QED) is 0.0284. The number of hydrogen-bond donors (Lipinski definition) is 33. The van der Waals surface area contributed by atoms with Crippen LogP contribution in [0, 0.1) is 0 Å². The number of hydrogen-bond acceptors (Lipinski definition) is 54. The molecule has 59 nitrogen and oxygen atoms in total. The minimum absolute atomic E-state index is 0.856. The molecular weight excluding hydrogens is 1850 g/mol. The molecular formula is C76H127N5O54. The molecule has 135 heavy (non-hydrogen) atoms. The lowest BCUT2D eigenvalue weighted by atomic mass is 9.93. The zero-order chi connectivity index (χ0) is 99.4. The molecule has 11 saturated heterocycles. The third kappa shape index (κ3) is 24.7. The third-order valence-corrected chi connectivity index (χ3v) is 24.9. The molecule has 11 rings (SSSR count). The van der Waals surface area contributed by atoms with Gasteiger partial charge in [0, 0.05) is 34.6 Å². The van der Waals surface area contributed by atoms with Gasteiger partial charge in [0.15, 0.2) is 69.2 Å². The SMILES string of the molecule is CC(=O)N[C@@H]1[C@@H](O)[C@H](O[C@@H]2O[C@H](CO)[C@@H](O[C@@H]3O[C@H](CO[C@H]4O[C@H](CO)[C@@H](O)[C@H](O)[C@@H]4O[C@@H]4O[C@H](CO)[C@@H](O)[C@H](O)[C@H]4NC(C)=O)[C@@H](O)[C@H](O[C@H]4O[C@H](CO)[C@@H](O)[C@H](O)[C@@H]4O[C@@H]4O[C@H](CO)[C@@H](O[C@@H]5O[C@H](CO)[C@H](O)[C@H](O[C@H]6O[C@H](CO)[C@H](O)[C@H](O)[C@H]6NC(C)=O)[C@H]5O[C@@H]5O[C@@H](C)[C@@H](O)[C@@H](O)[C@@H]5O)[C@H](O)[C@H]4NC(C)=O)[C@@H]3O)[C@H](O)[C@H]2NC(C)=O)[C@@H](CO[C@@H]2O[C@@H](C)[C@@H](O)[C@@H](O)[C@@H]2O)O[C@H]1O. The van der Waals surface area contributed by atoms with Crippen molar-refractivity contribution in [3.8, 4) is 0 Å². The average Bonchev–Trinajstić information content (AvgIpc) is 0.759. The molecule has 0 aliphatic carbocycles. The van der Waals surface area contributed by atoms with Crippen LogP contribution in [0.25, 0.3) is 0 Å². The second-order valence-electron chi connectivity index (χ2n) is 34.5. The Hall–Kier alpha value is -4.61. The third-order valence-electron chi connectivity index (χ3n) is 24.9. The summed E-state index contributed by atoms with van der Waals surface area (Å²) in [6, 6.07) is -9.57. The summed E-state index contributed by atoms with van der Waals surface area (Å²) in [6.07, 6.45) is -105. The fourth-order valence-corrected chi connectivity index (χ4v) is 17.6. The number of aliphatic hydroxyl groups excluding tert-OH is 28. The van der Waals surface area contributed by atoms with Crippen molar-refractivity contribution in [2.24, 2.45) is 0 Å². The Kier molecular flexibility index (Phi) is 39.5. The second kappa shape index (κ2) is 48.2. The summed E-state index contributed by atoms with van der Waals surface area (Å²) in [7, 11) is 0. The van der Waals surface area contributed by atoms with Gasteiger partial charge in [0.1, 0.15) is 256 Å². The zero-order valence-corrected chi connectivity index (χ0v) is 73.3. The van der Waals surface area contributed by atoms with E-state index in [2.05, 4.69) is 26.6 Å². The van der Waals surface area contributed by atoms with E-state index in [1.807, 2.05) is 0 Å². The van der Waals surface area contributed by atoms with Gasteiger partial charge in [0.05, 0.1) is 71.7 Å². The van der Waals surface area contributed by atoms with Crippen molar-refractivity contribution in [2.45, 2.75) is 386 Å². The standard InChI is InChI=1S/C76H127N5O54/c1-17-38(94)51(107)55(111)71(117-17)115-16-32-60(48(104)33(66(114)119-32)77-19(3)89)128-69-36(80-22(6)92)49(105)58(29(13-87)125-69)129-73-57(113)61(45(101)31(127-73)15-116-74-63(53(109)42(98)26(10-84)122-74)133-68-35(79-21(5)91)47(103)41(97)25(9-83)121-68)131-75-64(54(110)43(99)27(11-85)123-75)134-70-37(81-23(7)93)50(106)59(30(14-88)126-70)130-76-65(135-72-56(112)52(108)39(95)18(2)118-72)62(44(100)28(12-86)124-76)132-67-34(78-20(4)90)46(102)40(96)24(8-82)120-67/h17-18,24-76,82-88,94-114H,8-16H2,1-7H3,(H,77,89)(H,78,90)(H,79,91)(H,80,92)(H,81,93)/t17-,18-,24+,25+,26+,27+,28+,29+,30+,31+,32+,33+,34+,35+,36+,37+,38+,39+,40-,41+,42+,43+,44-,45+,46+,47+,48+,49+,50+,51+,52+,53-,54-,55-,56-,57-,58+,59+,60+,61-,62-,63-,64-,65+,66+,67+,68-,69-,70-,71+,72-,73-,74-,75+,76-/m0/s1. The molecule has 780 valence electrons. The molecule has 33 N–H and O–H groups in total. The first-order valence-corrected chi connectivity index (χ1v) is 43.4. The monoisotopic (exact) mass is 1970 g/mol. The van der Waals surface area contributed by atoms with Crippen LogP contribution in [-0.4, -0.2) is 569 Å². The largest absolute Gasteiger partial charge is 0.394 e. The average molecular weight is 1970 g/mol. The fraction of sp³-hybridized carbons (Fsp3) is 0.934. The van der Waals surface area contributed by atoms with Gasteiger partial charge in [-0.25, -0.2) is 0 Å². The summed E-state index contributed by atoms with van der Waals surface area (Å²) in [4.78, 5) is 64.5. The molecule has 0 bridgehead atoms. The van der Waals surface area contributed by atoms with Crippen molar-refractivity contribution < 1.29 is 266 Å². The topological polar surface area (TPSA) is 906 Å². The number of aliphatic hydroxyl groups is 28. The van der Waals surface area contributed by atoms with Crippen molar-refractivity contribution in [3.63, 3.8) is 0 Å². The van der Waals surface area contributed by atoms with Crippen molar-refractivity contribution in [1.82, 2.24) is 26.6 Å².